The van der Waals surface area contributed by atoms with Gasteiger partial charge < -0.3 is 20.2 Å². The topological polar surface area (TPSA) is 91.2 Å². The lowest BCUT2D eigenvalue weighted by atomic mass is 10.0. The smallest absolute Gasteiger partial charge is 0.317 e. The van der Waals surface area contributed by atoms with Crippen LogP contribution in [0.15, 0.2) is 23.4 Å². The van der Waals surface area contributed by atoms with Crippen molar-refractivity contribution in [3.05, 3.63) is 34.9 Å². The number of hydrogen-bond acceptors (Lipinski definition) is 4. The minimum atomic E-state index is -0.930. The maximum Gasteiger partial charge on any atom is 0.317 e. The average Bonchev–Trinajstić information content (AvgIpc) is 3.01. The number of aliphatic carboxylic acids is 1. The first-order valence-corrected chi connectivity index (χ1v) is 7.88. The Morgan fingerprint density at radius 3 is 2.79 bits per heavy atom. The lowest BCUT2D eigenvalue weighted by Gasteiger charge is -2.18. The third-order valence-corrected chi connectivity index (χ3v) is 4.06. The summed E-state index contributed by atoms with van der Waals surface area (Å²) in [5, 5.41) is 15.5. The Hall–Kier alpha value is -2.57. The quantitative estimate of drug-likeness (QED) is 0.832. The van der Waals surface area contributed by atoms with Crippen molar-refractivity contribution in [3.63, 3.8) is 0 Å². The third kappa shape index (κ3) is 4.71. The van der Waals surface area contributed by atoms with E-state index in [1.54, 1.807) is 7.05 Å². The summed E-state index contributed by atoms with van der Waals surface area (Å²) < 4.78 is 0. The summed E-state index contributed by atoms with van der Waals surface area (Å²) in [6.45, 7) is 4.61. The van der Waals surface area contributed by atoms with Gasteiger partial charge in [0.15, 0.2) is 6.10 Å². The van der Waals surface area contributed by atoms with Crippen molar-refractivity contribution in [3.8, 4) is 0 Å². The number of carbonyl (C=O) groups is 2. The van der Waals surface area contributed by atoms with Gasteiger partial charge in [0.05, 0.1) is 18.7 Å². The van der Waals surface area contributed by atoms with E-state index < -0.39 is 5.97 Å². The Balaban J connectivity index is 1.79. The van der Waals surface area contributed by atoms with Crippen LogP contribution in [0.2, 0.25) is 0 Å². The van der Waals surface area contributed by atoms with Gasteiger partial charge in [0, 0.05) is 20.0 Å². The van der Waals surface area contributed by atoms with E-state index in [-0.39, 0.29) is 25.1 Å². The van der Waals surface area contributed by atoms with E-state index in [1.165, 1.54) is 16.0 Å². The number of amides is 2. The molecule has 0 saturated carbocycles. The zero-order valence-corrected chi connectivity index (χ0v) is 14.2. The maximum atomic E-state index is 11.9. The number of urea groups is 1. The lowest BCUT2D eigenvalue weighted by Crippen LogP contribution is -2.41. The van der Waals surface area contributed by atoms with Crippen LogP contribution in [0, 0.1) is 13.8 Å². The van der Waals surface area contributed by atoms with E-state index in [4.69, 9.17) is 9.94 Å². The van der Waals surface area contributed by atoms with E-state index in [2.05, 4.69) is 36.5 Å². The largest absolute Gasteiger partial charge is 0.481 e. The molecular formula is C17H23N3O4. The number of benzene rings is 1. The molecule has 1 unspecified atom stereocenters. The highest BCUT2D eigenvalue weighted by Crippen LogP contribution is 2.18. The van der Waals surface area contributed by atoms with E-state index >= 15 is 0 Å². The molecule has 0 bridgehead atoms. The highest BCUT2D eigenvalue weighted by molar-refractivity contribution is 6.01. The van der Waals surface area contributed by atoms with Gasteiger partial charge in [-0.2, -0.15) is 0 Å². The van der Waals surface area contributed by atoms with Gasteiger partial charge in [0.25, 0.3) is 0 Å². The van der Waals surface area contributed by atoms with Gasteiger partial charge in [0.1, 0.15) is 0 Å². The molecule has 24 heavy (non-hydrogen) atoms. The number of carboxylic acids is 1. The van der Waals surface area contributed by atoms with Crippen LogP contribution in [0.5, 0.6) is 0 Å². The second kappa shape index (κ2) is 7.81. The van der Waals surface area contributed by atoms with Gasteiger partial charge >= 0.3 is 12.0 Å². The van der Waals surface area contributed by atoms with Crippen molar-refractivity contribution < 1.29 is 19.5 Å². The zero-order valence-electron chi connectivity index (χ0n) is 14.2. The summed E-state index contributed by atoms with van der Waals surface area (Å²) in [6.07, 6.45) is 0.337. The van der Waals surface area contributed by atoms with E-state index in [0.29, 0.717) is 13.0 Å². The van der Waals surface area contributed by atoms with Gasteiger partial charge in [-0.3, -0.25) is 4.79 Å². The standard InChI is InChI=1S/C17H23N3O4/c1-11-4-5-13(8-12(11)2)15-9-14(24-19-15)10-18-17(23)20(3)7-6-16(21)22/h4-5,8,14H,6-7,9-10H2,1-3H3,(H,18,23)(H,21,22). The molecule has 0 aliphatic carbocycles. The molecule has 0 aromatic heterocycles. The highest BCUT2D eigenvalue weighted by Gasteiger charge is 2.23. The first-order valence-electron chi connectivity index (χ1n) is 7.88. The Morgan fingerprint density at radius 1 is 1.38 bits per heavy atom. The van der Waals surface area contributed by atoms with Crippen LogP contribution in [0.3, 0.4) is 0 Å². The number of nitrogens with one attached hydrogen (secondary N) is 1. The zero-order chi connectivity index (χ0) is 17.7. The lowest BCUT2D eigenvalue weighted by molar-refractivity contribution is -0.137. The average molecular weight is 333 g/mol. The molecule has 2 rings (SSSR count). The predicted octanol–water partition coefficient (Wildman–Crippen LogP) is 1.91. The van der Waals surface area contributed by atoms with Gasteiger partial charge in [0.2, 0.25) is 0 Å². The number of carboxylic acid groups (broad SMARTS) is 1. The normalized spacial score (nSPS) is 16.3. The first-order chi connectivity index (χ1) is 11.4. The summed E-state index contributed by atoms with van der Waals surface area (Å²) in [6, 6.07) is 5.84. The van der Waals surface area contributed by atoms with Crippen LogP contribution >= 0.6 is 0 Å². The molecule has 1 aliphatic rings. The Kier molecular flexibility index (Phi) is 5.78. The van der Waals surface area contributed by atoms with Crippen molar-refractivity contribution in [2.24, 2.45) is 5.16 Å². The molecule has 2 N–H and O–H groups in total. The molecule has 1 aromatic rings. The van der Waals surface area contributed by atoms with Gasteiger partial charge in [-0.05, 0) is 36.6 Å². The molecule has 7 heteroatoms. The second-order valence-electron chi connectivity index (χ2n) is 6.02. The summed E-state index contributed by atoms with van der Waals surface area (Å²) in [5.74, 6) is -0.930. The number of oxime groups is 1. The van der Waals surface area contributed by atoms with Crippen LogP contribution in [0.25, 0.3) is 0 Å². The molecule has 130 valence electrons. The van der Waals surface area contributed by atoms with Crippen LogP contribution in [0.4, 0.5) is 4.79 Å². The third-order valence-electron chi connectivity index (χ3n) is 4.06. The molecule has 0 saturated heterocycles. The molecule has 1 aliphatic heterocycles. The molecule has 0 radical (unpaired) electrons. The summed E-state index contributed by atoms with van der Waals surface area (Å²) in [4.78, 5) is 29.1. The molecule has 7 nitrogen and oxygen atoms in total. The summed E-state index contributed by atoms with van der Waals surface area (Å²) in [5.41, 5.74) is 4.33. The van der Waals surface area contributed by atoms with E-state index in [9.17, 15) is 9.59 Å². The minimum Gasteiger partial charge on any atom is -0.481 e. The Bertz CT molecular complexity index is 657. The fourth-order valence-electron chi connectivity index (χ4n) is 2.33. The number of hydrogen-bond donors (Lipinski definition) is 2. The molecule has 2 amide bonds. The number of nitrogens with zero attached hydrogens (tertiary/aromatic N) is 2. The van der Waals surface area contributed by atoms with Gasteiger partial charge in [-0.1, -0.05) is 17.3 Å². The second-order valence-corrected chi connectivity index (χ2v) is 6.02. The van der Waals surface area contributed by atoms with Gasteiger partial charge in [-0.25, -0.2) is 4.79 Å². The number of carbonyl (C=O) groups excluding carboxylic acids is 1. The summed E-state index contributed by atoms with van der Waals surface area (Å²) in [7, 11) is 1.56. The van der Waals surface area contributed by atoms with Crippen molar-refractivity contribution in [2.75, 3.05) is 20.1 Å². The van der Waals surface area contributed by atoms with E-state index in [1.807, 2.05) is 6.07 Å². The van der Waals surface area contributed by atoms with E-state index in [0.717, 1.165) is 11.3 Å². The van der Waals surface area contributed by atoms with Crippen molar-refractivity contribution in [1.82, 2.24) is 10.2 Å². The van der Waals surface area contributed by atoms with Crippen molar-refractivity contribution in [1.29, 1.82) is 0 Å². The molecule has 0 fully saturated rings. The number of rotatable bonds is 6. The van der Waals surface area contributed by atoms with Crippen LogP contribution in [-0.4, -0.2) is 54.0 Å². The molecule has 1 heterocycles. The Labute approximate surface area is 141 Å². The first kappa shape index (κ1) is 17.8. The predicted molar refractivity (Wildman–Crippen MR) is 90.2 cm³/mol. The minimum absolute atomic E-state index is 0.0795. The molecular weight excluding hydrogens is 310 g/mol. The highest BCUT2D eigenvalue weighted by atomic mass is 16.6. The Morgan fingerprint density at radius 2 is 2.12 bits per heavy atom. The number of aryl methyl sites for hydroxylation is 2. The fraction of sp³-hybridized carbons (Fsp3) is 0.471. The summed E-state index contributed by atoms with van der Waals surface area (Å²) >= 11 is 0. The molecule has 1 atom stereocenters. The molecule has 0 spiro atoms. The maximum absolute atomic E-state index is 11.9. The SMILES string of the molecule is Cc1ccc(C2=NOC(CNC(=O)N(C)CCC(=O)O)C2)cc1C. The molecule has 1 aromatic carbocycles. The van der Waals surface area contributed by atoms with Crippen LogP contribution in [0.1, 0.15) is 29.5 Å². The van der Waals surface area contributed by atoms with Crippen LogP contribution < -0.4 is 5.32 Å². The fourth-order valence-corrected chi connectivity index (χ4v) is 2.33. The van der Waals surface area contributed by atoms with Gasteiger partial charge in [-0.15, -0.1) is 0 Å². The van der Waals surface area contributed by atoms with Crippen molar-refractivity contribution >= 4 is 17.7 Å². The monoisotopic (exact) mass is 333 g/mol. The van der Waals surface area contributed by atoms with Crippen LogP contribution in [-0.2, 0) is 9.63 Å². The van der Waals surface area contributed by atoms with Crippen molar-refractivity contribution in [2.45, 2.75) is 32.8 Å².